The molecule has 0 bridgehead atoms. The first-order valence-corrected chi connectivity index (χ1v) is 9.31. The Kier molecular flexibility index (Phi) is 4.33. The molecule has 0 unspecified atom stereocenters. The second-order valence-electron chi connectivity index (χ2n) is 6.06. The number of fused-ring (bicyclic) bond motifs is 1. The lowest BCUT2D eigenvalue weighted by atomic mass is 9.92. The van der Waals surface area contributed by atoms with E-state index in [0.717, 1.165) is 38.5 Å². The van der Waals surface area contributed by atoms with Gasteiger partial charge in [-0.2, -0.15) is 4.31 Å². The molecule has 0 saturated heterocycles. The molecular weight excluding hydrogens is 286 g/mol. The minimum Gasteiger partial charge on any atom is -0.395 e. The molecule has 3 rings (SSSR count). The number of benzene rings is 1. The fourth-order valence-electron chi connectivity index (χ4n) is 3.28. The molecule has 0 atom stereocenters. The van der Waals surface area contributed by atoms with Crippen molar-refractivity contribution < 1.29 is 13.5 Å². The van der Waals surface area contributed by atoms with Crippen LogP contribution in [0.2, 0.25) is 0 Å². The van der Waals surface area contributed by atoms with Gasteiger partial charge in [-0.3, -0.25) is 0 Å². The third-order valence-electron chi connectivity index (χ3n) is 4.73. The van der Waals surface area contributed by atoms with E-state index >= 15 is 0 Å². The van der Waals surface area contributed by atoms with E-state index in [1.54, 1.807) is 6.07 Å². The summed E-state index contributed by atoms with van der Waals surface area (Å²) >= 11 is 0. The molecule has 1 aromatic carbocycles. The van der Waals surface area contributed by atoms with Crippen LogP contribution >= 0.6 is 0 Å². The Morgan fingerprint density at radius 2 is 1.81 bits per heavy atom. The Morgan fingerprint density at radius 1 is 1.10 bits per heavy atom. The highest BCUT2D eigenvalue weighted by atomic mass is 32.2. The van der Waals surface area contributed by atoms with E-state index in [0.29, 0.717) is 4.90 Å². The first-order chi connectivity index (χ1) is 10.1. The van der Waals surface area contributed by atoms with E-state index in [4.69, 9.17) is 0 Å². The third kappa shape index (κ3) is 2.87. The van der Waals surface area contributed by atoms with Gasteiger partial charge < -0.3 is 5.11 Å². The largest absolute Gasteiger partial charge is 0.395 e. The van der Waals surface area contributed by atoms with Crippen molar-refractivity contribution in [2.75, 3.05) is 13.2 Å². The molecule has 116 valence electrons. The monoisotopic (exact) mass is 309 g/mol. The Bertz CT molecular complexity index is 608. The molecule has 2 aliphatic rings. The summed E-state index contributed by atoms with van der Waals surface area (Å²) in [5.41, 5.74) is 2.47. The van der Waals surface area contributed by atoms with Crippen molar-refractivity contribution >= 4 is 10.0 Å². The van der Waals surface area contributed by atoms with Crippen LogP contribution in [0.3, 0.4) is 0 Å². The molecule has 0 spiro atoms. The van der Waals surface area contributed by atoms with Gasteiger partial charge in [0.05, 0.1) is 11.5 Å². The van der Waals surface area contributed by atoms with Gasteiger partial charge in [-0.25, -0.2) is 8.42 Å². The number of aliphatic hydroxyl groups excluding tert-OH is 1. The molecule has 1 N–H and O–H groups in total. The van der Waals surface area contributed by atoms with E-state index in [9.17, 15) is 13.5 Å². The van der Waals surface area contributed by atoms with Crippen LogP contribution in [-0.2, 0) is 22.9 Å². The molecule has 1 saturated carbocycles. The van der Waals surface area contributed by atoms with Crippen LogP contribution in [0, 0.1) is 0 Å². The summed E-state index contributed by atoms with van der Waals surface area (Å²) in [6.07, 6.45) is 7.25. The van der Waals surface area contributed by atoms with Crippen molar-refractivity contribution in [2.45, 2.75) is 55.9 Å². The standard InChI is InChI=1S/C16H23NO3S/c18-11-10-17(15-6-3-7-15)21(19,20)16-9-8-13-4-1-2-5-14(13)12-16/h8-9,12,15,18H,1-7,10-11H2. The number of hydrogen-bond acceptors (Lipinski definition) is 3. The summed E-state index contributed by atoms with van der Waals surface area (Å²) in [7, 11) is -3.48. The number of hydrogen-bond donors (Lipinski definition) is 1. The number of aryl methyl sites for hydroxylation is 2. The van der Waals surface area contributed by atoms with Gasteiger partial charge >= 0.3 is 0 Å². The van der Waals surface area contributed by atoms with Crippen molar-refractivity contribution in [2.24, 2.45) is 0 Å². The maximum Gasteiger partial charge on any atom is 0.243 e. The van der Waals surface area contributed by atoms with Gasteiger partial charge in [0.15, 0.2) is 0 Å². The minimum atomic E-state index is -3.48. The summed E-state index contributed by atoms with van der Waals surface area (Å²) in [5, 5.41) is 9.20. The predicted molar refractivity (Wildman–Crippen MR) is 81.7 cm³/mol. The lowest BCUT2D eigenvalue weighted by molar-refractivity contribution is 0.178. The Balaban J connectivity index is 1.92. The summed E-state index contributed by atoms with van der Waals surface area (Å²) in [6, 6.07) is 5.63. The van der Waals surface area contributed by atoms with Gasteiger partial charge in [0, 0.05) is 12.6 Å². The lowest BCUT2D eigenvalue weighted by Crippen LogP contribution is -2.45. The second-order valence-corrected chi connectivity index (χ2v) is 7.95. The molecule has 5 heteroatoms. The Labute approximate surface area is 126 Å². The number of nitrogens with zero attached hydrogens (tertiary/aromatic N) is 1. The van der Waals surface area contributed by atoms with E-state index < -0.39 is 10.0 Å². The second kappa shape index (κ2) is 6.07. The average molecular weight is 309 g/mol. The first kappa shape index (κ1) is 15.0. The molecule has 0 aromatic heterocycles. The van der Waals surface area contributed by atoms with Crippen molar-refractivity contribution in [1.29, 1.82) is 0 Å². The molecule has 1 aromatic rings. The number of aliphatic hydroxyl groups is 1. The van der Waals surface area contributed by atoms with E-state index in [2.05, 4.69) is 0 Å². The van der Waals surface area contributed by atoms with E-state index in [-0.39, 0.29) is 19.2 Å². The van der Waals surface area contributed by atoms with Gasteiger partial charge in [-0.15, -0.1) is 0 Å². The molecule has 0 heterocycles. The van der Waals surface area contributed by atoms with Crippen molar-refractivity contribution in [3.05, 3.63) is 29.3 Å². The topological polar surface area (TPSA) is 57.6 Å². The Hall–Kier alpha value is -0.910. The zero-order chi connectivity index (χ0) is 14.9. The van der Waals surface area contributed by atoms with Crippen LogP contribution in [0.1, 0.15) is 43.2 Å². The molecule has 0 radical (unpaired) electrons. The zero-order valence-corrected chi connectivity index (χ0v) is 13.1. The van der Waals surface area contributed by atoms with Gasteiger partial charge in [0.25, 0.3) is 0 Å². The molecule has 21 heavy (non-hydrogen) atoms. The van der Waals surface area contributed by atoms with Gasteiger partial charge in [-0.05, 0) is 61.8 Å². The van der Waals surface area contributed by atoms with Crippen LogP contribution in [0.15, 0.2) is 23.1 Å². The van der Waals surface area contributed by atoms with Gasteiger partial charge in [0.1, 0.15) is 0 Å². The molecule has 2 aliphatic carbocycles. The normalized spacial score (nSPS) is 19.3. The summed E-state index contributed by atoms with van der Waals surface area (Å²) in [4.78, 5) is 0.392. The highest BCUT2D eigenvalue weighted by molar-refractivity contribution is 7.89. The van der Waals surface area contributed by atoms with Crippen LogP contribution in [-0.4, -0.2) is 37.0 Å². The average Bonchev–Trinajstić information content (AvgIpc) is 2.44. The quantitative estimate of drug-likeness (QED) is 0.906. The van der Waals surface area contributed by atoms with Gasteiger partial charge in [-0.1, -0.05) is 12.5 Å². The van der Waals surface area contributed by atoms with Crippen LogP contribution in [0.5, 0.6) is 0 Å². The highest BCUT2D eigenvalue weighted by Crippen LogP contribution is 2.31. The van der Waals surface area contributed by atoms with E-state index in [1.807, 2.05) is 12.1 Å². The van der Waals surface area contributed by atoms with Crippen LogP contribution in [0.4, 0.5) is 0 Å². The highest BCUT2D eigenvalue weighted by Gasteiger charge is 2.34. The zero-order valence-electron chi connectivity index (χ0n) is 12.3. The van der Waals surface area contributed by atoms with Crippen molar-refractivity contribution in [3.63, 3.8) is 0 Å². The molecule has 0 amide bonds. The van der Waals surface area contributed by atoms with Crippen LogP contribution in [0.25, 0.3) is 0 Å². The van der Waals surface area contributed by atoms with Crippen LogP contribution < -0.4 is 0 Å². The number of sulfonamides is 1. The van der Waals surface area contributed by atoms with Gasteiger partial charge in [0.2, 0.25) is 10.0 Å². The summed E-state index contributed by atoms with van der Waals surface area (Å²) in [6.45, 7) is 0.0742. The van der Waals surface area contributed by atoms with E-state index in [1.165, 1.54) is 21.9 Å². The molecule has 0 aliphatic heterocycles. The fourth-order valence-corrected chi connectivity index (χ4v) is 5.01. The first-order valence-electron chi connectivity index (χ1n) is 7.87. The predicted octanol–water partition coefficient (Wildman–Crippen LogP) is 2.10. The maximum atomic E-state index is 12.9. The Morgan fingerprint density at radius 3 is 2.43 bits per heavy atom. The summed E-state index contributed by atoms with van der Waals surface area (Å²) in [5.74, 6) is 0. The van der Waals surface area contributed by atoms with Crippen molar-refractivity contribution in [3.8, 4) is 0 Å². The third-order valence-corrected chi connectivity index (χ3v) is 6.68. The molecule has 1 fully saturated rings. The van der Waals surface area contributed by atoms with Crippen molar-refractivity contribution in [1.82, 2.24) is 4.31 Å². The lowest BCUT2D eigenvalue weighted by Gasteiger charge is -2.36. The SMILES string of the molecule is O=S(=O)(c1ccc2c(c1)CCCC2)N(CCO)C1CCC1. The molecular formula is C16H23NO3S. The fraction of sp³-hybridized carbons (Fsp3) is 0.625. The molecule has 4 nitrogen and oxygen atoms in total. The maximum absolute atomic E-state index is 12.9. The summed E-state index contributed by atoms with van der Waals surface area (Å²) < 4.78 is 27.2. The smallest absolute Gasteiger partial charge is 0.243 e. The minimum absolute atomic E-state index is 0.0678. The number of rotatable bonds is 5.